The lowest BCUT2D eigenvalue weighted by Gasteiger charge is -2.27. The third kappa shape index (κ3) is 4.32. The minimum Gasteiger partial charge on any atom is -0.491 e. The van der Waals surface area contributed by atoms with Gasteiger partial charge in [0, 0.05) is 16.5 Å². The number of hydrogen-bond acceptors (Lipinski definition) is 2. The average Bonchev–Trinajstić information content (AvgIpc) is 2.41. The van der Waals surface area contributed by atoms with Crippen molar-refractivity contribution in [2.45, 2.75) is 38.9 Å². The van der Waals surface area contributed by atoms with E-state index in [1.807, 2.05) is 69.3 Å². The van der Waals surface area contributed by atoms with Crippen LogP contribution in [-0.4, -0.2) is 11.2 Å². The van der Waals surface area contributed by atoms with Gasteiger partial charge in [-0.2, -0.15) is 0 Å². The molecule has 0 aliphatic heterocycles. The van der Waals surface area contributed by atoms with E-state index in [0.717, 1.165) is 21.3 Å². The van der Waals surface area contributed by atoms with Crippen molar-refractivity contribution in [2.75, 3.05) is 0 Å². The Morgan fingerprint density at radius 2 is 1.71 bits per heavy atom. The van der Waals surface area contributed by atoms with Crippen molar-refractivity contribution >= 4 is 15.9 Å². The summed E-state index contributed by atoms with van der Waals surface area (Å²) >= 11 is 3.43. The highest BCUT2D eigenvalue weighted by Crippen LogP contribution is 2.33. The maximum Gasteiger partial charge on any atom is 0.125 e. The topological polar surface area (TPSA) is 29.5 Å². The highest BCUT2D eigenvalue weighted by atomic mass is 79.9. The molecule has 0 fully saturated rings. The fourth-order valence-electron chi connectivity index (χ4n) is 2.36. The molecule has 0 aromatic heterocycles. The number of hydrogen-bond donors (Lipinski definition) is 1. The van der Waals surface area contributed by atoms with Crippen LogP contribution in [0.4, 0.5) is 0 Å². The lowest BCUT2D eigenvalue weighted by Crippen LogP contribution is -2.25. The van der Waals surface area contributed by atoms with Crippen molar-refractivity contribution in [2.24, 2.45) is 0 Å². The molecule has 0 saturated heterocycles. The zero-order chi connectivity index (χ0) is 15.5. The zero-order valence-electron chi connectivity index (χ0n) is 12.6. The van der Waals surface area contributed by atoms with Crippen LogP contribution in [0, 0.1) is 0 Å². The molecule has 0 aliphatic carbocycles. The molecule has 2 rings (SSSR count). The Labute approximate surface area is 134 Å². The van der Waals surface area contributed by atoms with Gasteiger partial charge in [0.1, 0.15) is 5.75 Å². The summed E-state index contributed by atoms with van der Waals surface area (Å²) in [6.07, 6.45) is 0.619. The van der Waals surface area contributed by atoms with Crippen LogP contribution in [0.5, 0.6) is 5.75 Å². The average molecular weight is 349 g/mol. The van der Waals surface area contributed by atoms with E-state index in [4.69, 9.17) is 4.74 Å². The first kappa shape index (κ1) is 16.1. The van der Waals surface area contributed by atoms with Crippen LogP contribution in [0.3, 0.4) is 0 Å². The summed E-state index contributed by atoms with van der Waals surface area (Å²) < 4.78 is 6.86. The van der Waals surface area contributed by atoms with Crippen LogP contribution in [0.15, 0.2) is 53.0 Å². The van der Waals surface area contributed by atoms with Gasteiger partial charge in [0.2, 0.25) is 0 Å². The third-order valence-corrected chi connectivity index (χ3v) is 3.82. The fraction of sp³-hybridized carbons (Fsp3) is 0.333. The number of para-hydroxylation sites is 1. The molecule has 0 saturated carbocycles. The van der Waals surface area contributed by atoms with Crippen LogP contribution in [0.2, 0.25) is 0 Å². The molecule has 0 radical (unpaired) electrons. The van der Waals surface area contributed by atoms with Crippen LogP contribution < -0.4 is 4.74 Å². The van der Waals surface area contributed by atoms with Gasteiger partial charge in [-0.25, -0.2) is 0 Å². The van der Waals surface area contributed by atoms with Gasteiger partial charge in [-0.15, -0.1) is 0 Å². The van der Waals surface area contributed by atoms with Gasteiger partial charge in [-0.3, -0.25) is 0 Å². The van der Waals surface area contributed by atoms with Crippen molar-refractivity contribution in [3.8, 4) is 5.75 Å². The van der Waals surface area contributed by atoms with Gasteiger partial charge >= 0.3 is 0 Å². The molecule has 0 spiro atoms. The van der Waals surface area contributed by atoms with E-state index < -0.39 is 5.60 Å². The summed E-state index contributed by atoms with van der Waals surface area (Å²) in [5.74, 6) is 0.745. The van der Waals surface area contributed by atoms with Crippen LogP contribution in [0.1, 0.15) is 31.9 Å². The van der Waals surface area contributed by atoms with Crippen LogP contribution in [-0.2, 0) is 12.0 Å². The maximum atomic E-state index is 10.9. The second kappa shape index (κ2) is 6.63. The van der Waals surface area contributed by atoms with E-state index in [-0.39, 0.29) is 6.10 Å². The maximum absolute atomic E-state index is 10.9. The lowest BCUT2D eigenvalue weighted by atomic mass is 9.88. The summed E-state index contributed by atoms with van der Waals surface area (Å²) in [6, 6.07) is 15.7. The second-order valence-corrected chi connectivity index (χ2v) is 6.66. The number of halogens is 1. The first-order valence-corrected chi connectivity index (χ1v) is 7.91. The Kier molecular flexibility index (Phi) is 5.07. The Morgan fingerprint density at radius 1 is 1.10 bits per heavy atom. The monoisotopic (exact) mass is 348 g/mol. The molecule has 112 valence electrons. The van der Waals surface area contributed by atoms with Crippen LogP contribution >= 0.6 is 15.9 Å². The molecule has 0 heterocycles. The van der Waals surface area contributed by atoms with Gasteiger partial charge in [-0.05, 0) is 44.5 Å². The highest BCUT2D eigenvalue weighted by Gasteiger charge is 2.27. The van der Waals surface area contributed by atoms with Gasteiger partial charge in [0.25, 0.3) is 0 Å². The normalized spacial score (nSPS) is 14.0. The molecule has 21 heavy (non-hydrogen) atoms. The predicted molar refractivity (Wildman–Crippen MR) is 89.6 cm³/mol. The lowest BCUT2D eigenvalue weighted by molar-refractivity contribution is 0.0530. The van der Waals surface area contributed by atoms with Gasteiger partial charge in [0.05, 0.1) is 11.7 Å². The van der Waals surface area contributed by atoms with E-state index in [9.17, 15) is 5.11 Å². The number of ether oxygens (including phenoxy) is 1. The van der Waals surface area contributed by atoms with Gasteiger partial charge < -0.3 is 9.84 Å². The van der Waals surface area contributed by atoms with E-state index in [2.05, 4.69) is 15.9 Å². The Morgan fingerprint density at radius 3 is 2.33 bits per heavy atom. The van der Waals surface area contributed by atoms with Crippen molar-refractivity contribution in [1.82, 2.24) is 0 Å². The zero-order valence-corrected chi connectivity index (χ0v) is 14.2. The Hall–Kier alpha value is -1.32. The quantitative estimate of drug-likeness (QED) is 0.849. The molecule has 0 aliphatic rings. The summed E-state index contributed by atoms with van der Waals surface area (Å²) in [5.41, 5.74) is 0.934. The summed E-state index contributed by atoms with van der Waals surface area (Å²) in [6.45, 7) is 5.80. The third-order valence-electron chi connectivity index (χ3n) is 3.29. The van der Waals surface area contributed by atoms with E-state index in [1.54, 1.807) is 0 Å². The van der Waals surface area contributed by atoms with Crippen molar-refractivity contribution in [3.05, 3.63) is 64.1 Å². The molecular weight excluding hydrogens is 328 g/mol. The molecule has 0 bridgehead atoms. The molecule has 1 N–H and O–H groups in total. The smallest absolute Gasteiger partial charge is 0.125 e. The number of benzene rings is 2. The standard InChI is InChI=1S/C18H21BrO2/c1-13(2)21-17-7-5-4-6-16(17)18(3,20)12-14-8-10-15(19)11-9-14/h4-11,13,20H,12H2,1-3H3. The van der Waals surface area contributed by atoms with E-state index in [1.165, 1.54) is 0 Å². The fourth-order valence-corrected chi connectivity index (χ4v) is 2.63. The van der Waals surface area contributed by atoms with Crippen LogP contribution in [0.25, 0.3) is 0 Å². The van der Waals surface area contributed by atoms with E-state index in [0.29, 0.717) is 6.42 Å². The molecule has 1 unspecified atom stereocenters. The molecule has 3 heteroatoms. The molecular formula is C18H21BrO2. The summed E-state index contributed by atoms with van der Waals surface area (Å²) in [4.78, 5) is 0. The van der Waals surface area contributed by atoms with E-state index >= 15 is 0 Å². The predicted octanol–water partition coefficient (Wildman–Crippen LogP) is 4.69. The minimum absolute atomic E-state index is 0.0784. The van der Waals surface area contributed by atoms with Crippen molar-refractivity contribution in [1.29, 1.82) is 0 Å². The second-order valence-electron chi connectivity index (χ2n) is 5.74. The molecule has 0 amide bonds. The molecule has 1 atom stereocenters. The van der Waals surface area contributed by atoms with Gasteiger partial charge in [0.15, 0.2) is 0 Å². The van der Waals surface area contributed by atoms with Gasteiger partial charge in [-0.1, -0.05) is 46.3 Å². The SMILES string of the molecule is CC(C)Oc1ccccc1C(C)(O)Cc1ccc(Br)cc1. The highest BCUT2D eigenvalue weighted by molar-refractivity contribution is 9.10. The molecule has 2 aromatic rings. The first-order valence-electron chi connectivity index (χ1n) is 7.11. The number of aliphatic hydroxyl groups is 1. The largest absolute Gasteiger partial charge is 0.491 e. The minimum atomic E-state index is -0.973. The summed E-state index contributed by atoms with van der Waals surface area (Å²) in [7, 11) is 0. The molecule has 2 nitrogen and oxygen atoms in total. The summed E-state index contributed by atoms with van der Waals surface area (Å²) in [5, 5.41) is 10.9. The number of rotatable bonds is 5. The Balaban J connectivity index is 2.28. The first-order chi connectivity index (χ1) is 9.88. The Bertz CT molecular complexity index is 588. The molecule has 2 aromatic carbocycles. The van der Waals surface area contributed by atoms with Crippen molar-refractivity contribution < 1.29 is 9.84 Å². The van der Waals surface area contributed by atoms with Crippen molar-refractivity contribution in [3.63, 3.8) is 0 Å².